The monoisotopic (exact) mass is 338 g/mol. The molecule has 2 rings (SSSR count). The first-order valence-corrected chi connectivity index (χ1v) is 9.22. The number of likely N-dealkylation sites (tertiary alicyclic amines) is 1. The van der Waals surface area contributed by atoms with E-state index >= 15 is 0 Å². The highest BCUT2D eigenvalue weighted by Crippen LogP contribution is 2.25. The normalized spacial score (nSPS) is 26.7. The molecule has 1 saturated heterocycles. The van der Waals surface area contributed by atoms with E-state index < -0.39 is 11.9 Å². The van der Waals surface area contributed by atoms with Gasteiger partial charge in [-0.1, -0.05) is 19.3 Å². The van der Waals surface area contributed by atoms with Gasteiger partial charge in [0.15, 0.2) is 0 Å². The predicted octanol–water partition coefficient (Wildman–Crippen LogP) is 2.17. The predicted molar refractivity (Wildman–Crippen MR) is 90.3 cm³/mol. The summed E-state index contributed by atoms with van der Waals surface area (Å²) in [6, 6.07) is -0.505. The molecule has 0 bridgehead atoms. The largest absolute Gasteiger partial charge is 0.481 e. The number of carbonyl (C=O) groups is 3. The molecule has 1 heterocycles. The van der Waals surface area contributed by atoms with Crippen molar-refractivity contribution < 1.29 is 19.5 Å². The van der Waals surface area contributed by atoms with Crippen LogP contribution in [0.5, 0.6) is 0 Å². The number of carboxylic acids is 1. The highest BCUT2D eigenvalue weighted by atomic mass is 16.4. The van der Waals surface area contributed by atoms with Crippen LogP contribution in [0.2, 0.25) is 0 Å². The summed E-state index contributed by atoms with van der Waals surface area (Å²) in [5.74, 6) is -1.25. The van der Waals surface area contributed by atoms with Crippen molar-refractivity contribution in [3.8, 4) is 0 Å². The van der Waals surface area contributed by atoms with Crippen LogP contribution >= 0.6 is 0 Å². The molecule has 24 heavy (non-hydrogen) atoms. The zero-order valence-electron chi connectivity index (χ0n) is 14.8. The Morgan fingerprint density at radius 2 is 1.79 bits per heavy atom. The fourth-order valence-corrected chi connectivity index (χ4v) is 3.98. The van der Waals surface area contributed by atoms with E-state index in [0.717, 1.165) is 32.1 Å². The van der Waals surface area contributed by atoms with Crippen molar-refractivity contribution in [2.45, 2.75) is 77.3 Å². The van der Waals surface area contributed by atoms with Crippen LogP contribution in [0, 0.1) is 11.8 Å². The molecule has 1 aliphatic heterocycles. The van der Waals surface area contributed by atoms with E-state index in [1.54, 1.807) is 11.8 Å². The van der Waals surface area contributed by atoms with Gasteiger partial charge in [0, 0.05) is 31.0 Å². The highest BCUT2D eigenvalue weighted by molar-refractivity contribution is 5.82. The molecule has 0 radical (unpaired) electrons. The molecule has 0 spiro atoms. The Morgan fingerprint density at radius 1 is 1.12 bits per heavy atom. The van der Waals surface area contributed by atoms with Gasteiger partial charge in [-0.15, -0.1) is 0 Å². The Hall–Kier alpha value is -1.59. The van der Waals surface area contributed by atoms with E-state index in [-0.39, 0.29) is 36.2 Å². The van der Waals surface area contributed by atoms with Crippen molar-refractivity contribution in [1.82, 2.24) is 10.2 Å². The second-order valence-electron chi connectivity index (χ2n) is 7.36. The van der Waals surface area contributed by atoms with Crippen molar-refractivity contribution in [3.05, 3.63) is 0 Å². The summed E-state index contributed by atoms with van der Waals surface area (Å²) >= 11 is 0. The van der Waals surface area contributed by atoms with Gasteiger partial charge in [-0.05, 0) is 39.5 Å². The standard InChI is InChI=1S/C18H30N2O4/c1-12(19-17(22)14-7-4-3-5-8-14)11-16(21)20-10-6-9-15(13(20)2)18(23)24/h12-15H,3-11H2,1-2H3,(H,19,22)(H,23,24)/t12?,13-,15-/m0/s1. The van der Waals surface area contributed by atoms with Crippen LogP contribution in [-0.2, 0) is 14.4 Å². The van der Waals surface area contributed by atoms with Crippen LogP contribution in [0.15, 0.2) is 0 Å². The number of nitrogens with one attached hydrogen (secondary N) is 1. The Balaban J connectivity index is 1.84. The summed E-state index contributed by atoms with van der Waals surface area (Å²) in [4.78, 5) is 37.7. The molecule has 6 nitrogen and oxygen atoms in total. The molecule has 0 aromatic rings. The summed E-state index contributed by atoms with van der Waals surface area (Å²) in [6.45, 7) is 4.26. The van der Waals surface area contributed by atoms with Crippen molar-refractivity contribution in [2.75, 3.05) is 6.54 Å². The molecular weight excluding hydrogens is 308 g/mol. The second-order valence-corrected chi connectivity index (χ2v) is 7.36. The van der Waals surface area contributed by atoms with Gasteiger partial charge < -0.3 is 15.3 Å². The Labute approximate surface area is 144 Å². The minimum absolute atomic E-state index is 0.0603. The number of hydrogen-bond acceptors (Lipinski definition) is 3. The van der Waals surface area contributed by atoms with Crippen LogP contribution in [0.1, 0.15) is 65.2 Å². The van der Waals surface area contributed by atoms with Crippen molar-refractivity contribution >= 4 is 17.8 Å². The molecule has 1 aliphatic carbocycles. The first-order chi connectivity index (χ1) is 11.4. The number of carboxylic acid groups (broad SMARTS) is 1. The number of carbonyl (C=O) groups excluding carboxylic acids is 2. The fraction of sp³-hybridized carbons (Fsp3) is 0.833. The maximum Gasteiger partial charge on any atom is 0.308 e. The smallest absolute Gasteiger partial charge is 0.308 e. The lowest BCUT2D eigenvalue weighted by atomic mass is 9.88. The molecule has 136 valence electrons. The lowest BCUT2D eigenvalue weighted by Crippen LogP contribution is -2.50. The summed E-state index contributed by atoms with van der Waals surface area (Å²) < 4.78 is 0. The van der Waals surface area contributed by atoms with Crippen LogP contribution < -0.4 is 5.32 Å². The number of nitrogens with zero attached hydrogens (tertiary/aromatic N) is 1. The third-order valence-electron chi connectivity index (χ3n) is 5.47. The third-order valence-corrected chi connectivity index (χ3v) is 5.47. The summed E-state index contributed by atoms with van der Waals surface area (Å²) in [5, 5.41) is 12.2. The Bertz CT molecular complexity index is 474. The summed E-state index contributed by atoms with van der Waals surface area (Å²) in [7, 11) is 0. The zero-order valence-corrected chi connectivity index (χ0v) is 14.8. The third kappa shape index (κ3) is 4.71. The first-order valence-electron chi connectivity index (χ1n) is 9.22. The average molecular weight is 338 g/mol. The van der Waals surface area contributed by atoms with Crippen LogP contribution in [0.25, 0.3) is 0 Å². The molecule has 2 aliphatic rings. The molecule has 2 amide bonds. The quantitative estimate of drug-likeness (QED) is 0.804. The molecule has 0 aromatic carbocycles. The van der Waals surface area contributed by atoms with Crippen molar-refractivity contribution in [3.63, 3.8) is 0 Å². The van der Waals surface area contributed by atoms with E-state index in [0.29, 0.717) is 13.0 Å². The number of amides is 2. The lowest BCUT2D eigenvalue weighted by molar-refractivity contribution is -0.149. The Kier molecular flexibility index (Phi) is 6.63. The molecular formula is C18H30N2O4. The van der Waals surface area contributed by atoms with Gasteiger partial charge >= 0.3 is 5.97 Å². The van der Waals surface area contributed by atoms with Gasteiger partial charge in [0.05, 0.1) is 5.92 Å². The molecule has 1 saturated carbocycles. The number of aliphatic carboxylic acids is 1. The topological polar surface area (TPSA) is 86.7 Å². The molecule has 2 N–H and O–H groups in total. The van der Waals surface area contributed by atoms with E-state index in [4.69, 9.17) is 0 Å². The maximum absolute atomic E-state index is 12.5. The molecule has 3 atom stereocenters. The van der Waals surface area contributed by atoms with Crippen molar-refractivity contribution in [1.29, 1.82) is 0 Å². The zero-order chi connectivity index (χ0) is 17.7. The SMILES string of the molecule is CC(CC(=O)N1CCC[C@H](C(=O)O)[C@@H]1C)NC(=O)C1CCCCC1. The van der Waals surface area contributed by atoms with Gasteiger partial charge in [-0.25, -0.2) is 0 Å². The van der Waals surface area contributed by atoms with E-state index in [1.165, 1.54) is 6.42 Å². The van der Waals surface area contributed by atoms with Gasteiger partial charge in [0.2, 0.25) is 11.8 Å². The maximum atomic E-state index is 12.5. The van der Waals surface area contributed by atoms with Gasteiger partial charge in [-0.2, -0.15) is 0 Å². The molecule has 0 aromatic heterocycles. The van der Waals surface area contributed by atoms with Gasteiger partial charge in [-0.3, -0.25) is 14.4 Å². The average Bonchev–Trinajstić information content (AvgIpc) is 2.55. The minimum atomic E-state index is -0.835. The summed E-state index contributed by atoms with van der Waals surface area (Å²) in [5.41, 5.74) is 0. The fourth-order valence-electron chi connectivity index (χ4n) is 3.98. The molecule has 2 fully saturated rings. The van der Waals surface area contributed by atoms with Crippen molar-refractivity contribution in [2.24, 2.45) is 11.8 Å². The number of rotatable bonds is 5. The lowest BCUT2D eigenvalue weighted by Gasteiger charge is -2.38. The van der Waals surface area contributed by atoms with Crippen LogP contribution in [0.4, 0.5) is 0 Å². The van der Waals surface area contributed by atoms with E-state index in [1.807, 2.05) is 6.92 Å². The van der Waals surface area contributed by atoms with Crippen LogP contribution in [0.3, 0.4) is 0 Å². The minimum Gasteiger partial charge on any atom is -0.481 e. The van der Waals surface area contributed by atoms with Gasteiger partial charge in [0.25, 0.3) is 0 Å². The second kappa shape index (κ2) is 8.49. The Morgan fingerprint density at radius 3 is 2.42 bits per heavy atom. The van der Waals surface area contributed by atoms with Crippen LogP contribution in [-0.4, -0.2) is 46.4 Å². The van der Waals surface area contributed by atoms with E-state index in [9.17, 15) is 19.5 Å². The summed E-state index contributed by atoms with van der Waals surface area (Å²) in [6.07, 6.45) is 6.86. The van der Waals surface area contributed by atoms with E-state index in [2.05, 4.69) is 5.32 Å². The number of piperidine rings is 1. The number of hydrogen-bond donors (Lipinski definition) is 2. The first kappa shape index (κ1) is 18.7. The molecule has 6 heteroatoms. The molecule has 1 unspecified atom stereocenters. The van der Waals surface area contributed by atoms with Gasteiger partial charge in [0.1, 0.15) is 0 Å². The highest BCUT2D eigenvalue weighted by Gasteiger charge is 2.35.